The van der Waals surface area contributed by atoms with Gasteiger partial charge in [0.05, 0.1) is 6.42 Å². The third-order valence-electron chi connectivity index (χ3n) is 5.01. The van der Waals surface area contributed by atoms with Crippen molar-refractivity contribution in [3.05, 3.63) is 59.4 Å². The number of anilines is 2. The number of amides is 2. The molecule has 0 spiro atoms. The summed E-state index contributed by atoms with van der Waals surface area (Å²) in [5.74, 6) is -0.508. The number of ether oxygens (including phenoxy) is 1. The van der Waals surface area contributed by atoms with Gasteiger partial charge in [0.2, 0.25) is 5.91 Å². The highest BCUT2D eigenvalue weighted by Gasteiger charge is 2.32. The van der Waals surface area contributed by atoms with Gasteiger partial charge in [-0.2, -0.15) is 0 Å². The van der Waals surface area contributed by atoms with Crippen molar-refractivity contribution in [1.82, 2.24) is 0 Å². The highest BCUT2D eigenvalue weighted by atomic mass is 19.1. The lowest BCUT2D eigenvalue weighted by Crippen LogP contribution is -2.37. The summed E-state index contributed by atoms with van der Waals surface area (Å²) >= 11 is 0. The van der Waals surface area contributed by atoms with Crippen molar-refractivity contribution in [1.29, 1.82) is 0 Å². The van der Waals surface area contributed by atoms with E-state index in [1.165, 1.54) is 12.1 Å². The van der Waals surface area contributed by atoms with Crippen LogP contribution in [0.3, 0.4) is 0 Å². The zero-order valence-corrected chi connectivity index (χ0v) is 14.9. The first-order valence-electron chi connectivity index (χ1n) is 9.20. The molecule has 0 unspecified atom stereocenters. The molecule has 0 aliphatic carbocycles. The first kappa shape index (κ1) is 17.7. The van der Waals surface area contributed by atoms with E-state index in [0.29, 0.717) is 18.8 Å². The zero-order chi connectivity index (χ0) is 18.8. The average Bonchev–Trinajstić information content (AvgIpc) is 3.32. The smallest absolute Gasteiger partial charge is 0.256 e. The van der Waals surface area contributed by atoms with Crippen molar-refractivity contribution in [3.63, 3.8) is 0 Å². The maximum absolute atomic E-state index is 13.0. The summed E-state index contributed by atoms with van der Waals surface area (Å²) in [6.07, 6.45) is 2.29. The van der Waals surface area contributed by atoms with E-state index in [4.69, 9.17) is 4.74 Å². The molecule has 2 aliphatic rings. The van der Waals surface area contributed by atoms with E-state index in [0.717, 1.165) is 36.1 Å². The van der Waals surface area contributed by atoms with Crippen LogP contribution in [-0.4, -0.2) is 31.1 Å². The summed E-state index contributed by atoms with van der Waals surface area (Å²) in [5.41, 5.74) is 3.33. The Kier molecular flexibility index (Phi) is 4.90. The molecule has 0 bridgehead atoms. The molecule has 2 heterocycles. The van der Waals surface area contributed by atoms with Crippen LogP contribution in [-0.2, 0) is 27.2 Å². The van der Waals surface area contributed by atoms with Gasteiger partial charge in [-0.3, -0.25) is 9.59 Å². The summed E-state index contributed by atoms with van der Waals surface area (Å²) < 4.78 is 18.5. The predicted octanol–water partition coefficient (Wildman–Crippen LogP) is 3.08. The van der Waals surface area contributed by atoms with Gasteiger partial charge in [0.1, 0.15) is 11.9 Å². The fourth-order valence-corrected chi connectivity index (χ4v) is 3.62. The van der Waals surface area contributed by atoms with E-state index >= 15 is 0 Å². The number of halogens is 1. The molecule has 27 heavy (non-hydrogen) atoms. The lowest BCUT2D eigenvalue weighted by atomic mass is 10.1. The molecule has 2 aliphatic heterocycles. The van der Waals surface area contributed by atoms with Gasteiger partial charge in [-0.05, 0) is 54.7 Å². The Morgan fingerprint density at radius 2 is 2.00 bits per heavy atom. The number of hydrogen-bond acceptors (Lipinski definition) is 3. The van der Waals surface area contributed by atoms with Crippen molar-refractivity contribution in [2.24, 2.45) is 0 Å². The van der Waals surface area contributed by atoms with Crippen molar-refractivity contribution in [3.8, 4) is 0 Å². The van der Waals surface area contributed by atoms with Gasteiger partial charge in [-0.25, -0.2) is 4.39 Å². The number of carbonyl (C=O) groups is 2. The van der Waals surface area contributed by atoms with Crippen LogP contribution in [0.1, 0.15) is 24.0 Å². The van der Waals surface area contributed by atoms with Crippen LogP contribution in [0.4, 0.5) is 15.8 Å². The second kappa shape index (κ2) is 7.48. The molecule has 6 heteroatoms. The van der Waals surface area contributed by atoms with Gasteiger partial charge in [0.25, 0.3) is 5.91 Å². The molecule has 0 radical (unpaired) electrons. The number of fused-ring (bicyclic) bond motifs is 1. The third-order valence-corrected chi connectivity index (χ3v) is 5.01. The number of rotatable bonds is 4. The SMILES string of the molecule is O=C(Cc1ccc(F)cc1)Nc1ccc2c(c1)N(C(=O)[C@@H]1CCCO1)CC2. The van der Waals surface area contributed by atoms with Crippen LogP contribution in [0.15, 0.2) is 42.5 Å². The Morgan fingerprint density at radius 3 is 2.74 bits per heavy atom. The van der Waals surface area contributed by atoms with Gasteiger partial charge in [0.15, 0.2) is 0 Å². The van der Waals surface area contributed by atoms with Gasteiger partial charge in [0, 0.05) is 24.5 Å². The topological polar surface area (TPSA) is 58.6 Å². The molecule has 1 saturated heterocycles. The summed E-state index contributed by atoms with van der Waals surface area (Å²) in [5, 5.41) is 2.86. The number of nitrogens with one attached hydrogen (secondary N) is 1. The Bertz CT molecular complexity index is 860. The third kappa shape index (κ3) is 3.85. The van der Waals surface area contributed by atoms with Crippen LogP contribution in [0.2, 0.25) is 0 Å². The molecule has 1 fully saturated rings. The van der Waals surface area contributed by atoms with Gasteiger partial charge < -0.3 is 15.0 Å². The molecular formula is C21H21FN2O3. The number of hydrogen-bond donors (Lipinski definition) is 1. The predicted molar refractivity (Wildman–Crippen MR) is 100 cm³/mol. The van der Waals surface area contributed by atoms with Crippen molar-refractivity contribution in [2.45, 2.75) is 31.8 Å². The van der Waals surface area contributed by atoms with E-state index in [1.54, 1.807) is 17.0 Å². The van der Waals surface area contributed by atoms with Crippen LogP contribution in [0.25, 0.3) is 0 Å². The molecule has 2 aromatic rings. The van der Waals surface area contributed by atoms with Crippen molar-refractivity contribution < 1.29 is 18.7 Å². The van der Waals surface area contributed by atoms with Crippen LogP contribution >= 0.6 is 0 Å². The van der Waals surface area contributed by atoms with Crippen LogP contribution < -0.4 is 10.2 Å². The van der Waals surface area contributed by atoms with Gasteiger partial charge in [-0.15, -0.1) is 0 Å². The molecule has 0 saturated carbocycles. The molecule has 5 nitrogen and oxygen atoms in total. The molecule has 4 rings (SSSR count). The van der Waals surface area contributed by atoms with Crippen molar-refractivity contribution in [2.75, 3.05) is 23.4 Å². The normalized spacial score (nSPS) is 18.4. The quantitative estimate of drug-likeness (QED) is 0.902. The molecule has 140 valence electrons. The summed E-state index contributed by atoms with van der Waals surface area (Å²) in [6, 6.07) is 11.5. The van der Waals surface area contributed by atoms with E-state index in [-0.39, 0.29) is 30.2 Å². The largest absolute Gasteiger partial charge is 0.368 e. The molecule has 1 N–H and O–H groups in total. The number of carbonyl (C=O) groups excluding carboxylic acids is 2. The lowest BCUT2D eigenvalue weighted by molar-refractivity contribution is -0.127. The van der Waals surface area contributed by atoms with Gasteiger partial charge >= 0.3 is 0 Å². The Morgan fingerprint density at radius 1 is 1.19 bits per heavy atom. The van der Waals surface area contributed by atoms with E-state index in [9.17, 15) is 14.0 Å². The second-order valence-electron chi connectivity index (χ2n) is 6.94. The summed E-state index contributed by atoms with van der Waals surface area (Å²) in [7, 11) is 0. The van der Waals surface area contributed by atoms with Crippen LogP contribution in [0.5, 0.6) is 0 Å². The first-order valence-corrected chi connectivity index (χ1v) is 9.20. The monoisotopic (exact) mass is 368 g/mol. The Labute approximate surface area is 157 Å². The minimum absolute atomic E-state index is 0.000962. The molecule has 1 atom stereocenters. The molecular weight excluding hydrogens is 347 g/mol. The summed E-state index contributed by atoms with van der Waals surface area (Å²) in [4.78, 5) is 26.7. The second-order valence-corrected chi connectivity index (χ2v) is 6.94. The van der Waals surface area contributed by atoms with Crippen molar-refractivity contribution >= 4 is 23.2 Å². The minimum atomic E-state index is -0.354. The Balaban J connectivity index is 1.45. The fraction of sp³-hybridized carbons (Fsp3) is 0.333. The maximum atomic E-state index is 13.0. The fourth-order valence-electron chi connectivity index (χ4n) is 3.62. The average molecular weight is 368 g/mol. The molecule has 2 amide bonds. The molecule has 0 aromatic heterocycles. The molecule has 2 aromatic carbocycles. The van der Waals surface area contributed by atoms with E-state index < -0.39 is 0 Å². The first-order chi connectivity index (χ1) is 13.1. The van der Waals surface area contributed by atoms with Crippen LogP contribution in [0, 0.1) is 5.82 Å². The Hall–Kier alpha value is -2.73. The zero-order valence-electron chi connectivity index (χ0n) is 14.9. The minimum Gasteiger partial charge on any atom is -0.368 e. The summed E-state index contributed by atoms with van der Waals surface area (Å²) in [6.45, 7) is 1.28. The standard InChI is InChI=1S/C21H21FN2O3/c22-16-6-3-14(4-7-16)12-20(25)23-17-8-5-15-9-10-24(18(15)13-17)21(26)19-2-1-11-27-19/h3-8,13,19H,1-2,9-12H2,(H,23,25)/t19-/m0/s1. The number of nitrogens with zero attached hydrogens (tertiary/aromatic N) is 1. The number of benzene rings is 2. The van der Waals surface area contributed by atoms with E-state index in [1.807, 2.05) is 18.2 Å². The highest BCUT2D eigenvalue weighted by Crippen LogP contribution is 2.32. The maximum Gasteiger partial charge on any atom is 0.256 e. The highest BCUT2D eigenvalue weighted by molar-refractivity contribution is 6.00. The van der Waals surface area contributed by atoms with Gasteiger partial charge in [-0.1, -0.05) is 18.2 Å². The van der Waals surface area contributed by atoms with E-state index in [2.05, 4.69) is 5.32 Å². The lowest BCUT2D eigenvalue weighted by Gasteiger charge is -2.21.